The molecule has 1 atom stereocenters. The summed E-state index contributed by atoms with van der Waals surface area (Å²) in [6.07, 6.45) is 2.88. The molecule has 1 aliphatic carbocycles. The zero-order valence-electron chi connectivity index (χ0n) is 6.66. The van der Waals surface area contributed by atoms with Crippen LogP contribution in [0.1, 0.15) is 19.8 Å². The van der Waals surface area contributed by atoms with Crippen LogP contribution in [0.5, 0.6) is 0 Å². The summed E-state index contributed by atoms with van der Waals surface area (Å²) in [5.74, 6) is 0.0718. The zero-order chi connectivity index (χ0) is 8.70. The molecule has 1 rings (SSSR count). The molecule has 0 N–H and O–H groups in total. The van der Waals surface area contributed by atoms with Crippen LogP contribution in [-0.4, -0.2) is 19.4 Å². The van der Waals surface area contributed by atoms with Crippen molar-refractivity contribution >= 4 is 9.84 Å². The van der Waals surface area contributed by atoms with E-state index in [0.717, 1.165) is 19.1 Å². The highest BCUT2D eigenvalue weighted by molar-refractivity contribution is 7.92. The Balaban J connectivity index is 3.04. The summed E-state index contributed by atoms with van der Waals surface area (Å²) < 4.78 is 21.2. The molecule has 0 aromatic heterocycles. The van der Waals surface area contributed by atoms with Crippen LogP contribution in [0, 0.1) is 17.2 Å². The molecule has 0 aromatic carbocycles. The van der Waals surface area contributed by atoms with Gasteiger partial charge in [0.1, 0.15) is 0 Å². The van der Waals surface area contributed by atoms with Gasteiger partial charge in [-0.15, -0.1) is 0 Å². The number of sulfone groups is 1. The lowest BCUT2D eigenvalue weighted by Gasteiger charge is -2.17. The molecule has 0 bridgehead atoms. The first-order valence-corrected chi connectivity index (χ1v) is 5.42. The van der Waals surface area contributed by atoms with E-state index in [1.807, 2.05) is 6.07 Å². The second kappa shape index (κ2) is 2.21. The third kappa shape index (κ3) is 1.25. The Hall–Kier alpha value is -0.560. The molecule has 0 aliphatic heterocycles. The van der Waals surface area contributed by atoms with E-state index in [2.05, 4.69) is 0 Å². The molecule has 0 saturated heterocycles. The fraction of sp³-hybridized carbons (Fsp3) is 0.857. The Labute approximate surface area is 66.9 Å². The van der Waals surface area contributed by atoms with Crippen LogP contribution in [0.4, 0.5) is 0 Å². The SMILES string of the molecule is C[C@](C#N)(C1CC1)S(C)(=O)=O. The molecule has 1 aliphatic rings. The molecule has 3 nitrogen and oxygen atoms in total. The maximum atomic E-state index is 11.1. The first-order valence-electron chi connectivity index (χ1n) is 3.52. The summed E-state index contributed by atoms with van der Waals surface area (Å²) in [6, 6.07) is 1.89. The third-order valence-corrected chi connectivity index (χ3v) is 4.31. The number of hydrogen-bond acceptors (Lipinski definition) is 3. The van der Waals surface area contributed by atoms with Gasteiger partial charge in [0.15, 0.2) is 14.6 Å². The number of hydrogen-bond donors (Lipinski definition) is 0. The van der Waals surface area contributed by atoms with Crippen LogP contribution >= 0.6 is 0 Å². The van der Waals surface area contributed by atoms with Crippen LogP contribution in [0.2, 0.25) is 0 Å². The van der Waals surface area contributed by atoms with Crippen LogP contribution in [0.3, 0.4) is 0 Å². The molecular weight excluding hydrogens is 162 g/mol. The average Bonchev–Trinajstić information content (AvgIpc) is 2.64. The Morgan fingerprint density at radius 1 is 1.55 bits per heavy atom. The van der Waals surface area contributed by atoms with Gasteiger partial charge in [0, 0.05) is 6.26 Å². The first kappa shape index (κ1) is 8.54. The molecule has 1 fully saturated rings. The van der Waals surface area contributed by atoms with Crippen molar-refractivity contribution in [2.75, 3.05) is 6.26 Å². The second-order valence-corrected chi connectivity index (χ2v) is 5.66. The normalized spacial score (nSPS) is 23.7. The molecule has 1 saturated carbocycles. The van der Waals surface area contributed by atoms with Crippen molar-refractivity contribution < 1.29 is 8.42 Å². The van der Waals surface area contributed by atoms with E-state index in [1.165, 1.54) is 6.92 Å². The van der Waals surface area contributed by atoms with Crippen molar-refractivity contribution in [2.45, 2.75) is 24.5 Å². The van der Waals surface area contributed by atoms with Crippen molar-refractivity contribution in [2.24, 2.45) is 5.92 Å². The van der Waals surface area contributed by atoms with E-state index in [4.69, 9.17) is 5.26 Å². The molecule has 0 spiro atoms. The summed E-state index contributed by atoms with van der Waals surface area (Å²) in [7, 11) is -3.21. The second-order valence-electron chi connectivity index (χ2n) is 3.27. The maximum Gasteiger partial charge on any atom is 0.166 e. The highest BCUT2D eigenvalue weighted by Crippen LogP contribution is 2.43. The topological polar surface area (TPSA) is 57.9 Å². The Morgan fingerprint density at radius 2 is 2.00 bits per heavy atom. The Bertz CT molecular complexity index is 297. The lowest BCUT2D eigenvalue weighted by Crippen LogP contribution is -2.35. The summed E-state index contributed by atoms with van der Waals surface area (Å²) in [5.41, 5.74) is 0. The minimum absolute atomic E-state index is 0.0718. The van der Waals surface area contributed by atoms with Crippen molar-refractivity contribution in [3.63, 3.8) is 0 Å². The highest BCUT2D eigenvalue weighted by atomic mass is 32.2. The molecule has 0 unspecified atom stereocenters. The van der Waals surface area contributed by atoms with E-state index in [9.17, 15) is 8.42 Å². The van der Waals surface area contributed by atoms with E-state index in [0.29, 0.717) is 0 Å². The van der Waals surface area contributed by atoms with Gasteiger partial charge in [0.2, 0.25) is 0 Å². The van der Waals surface area contributed by atoms with Gasteiger partial charge >= 0.3 is 0 Å². The molecule has 0 amide bonds. The van der Waals surface area contributed by atoms with Gasteiger partial charge in [-0.25, -0.2) is 8.42 Å². The molecule has 4 heteroatoms. The van der Waals surface area contributed by atoms with Crippen molar-refractivity contribution in [3.05, 3.63) is 0 Å². The minimum atomic E-state index is -3.21. The van der Waals surface area contributed by atoms with Gasteiger partial charge in [0.05, 0.1) is 6.07 Å². The van der Waals surface area contributed by atoms with Crippen LogP contribution < -0.4 is 0 Å². The third-order valence-electron chi connectivity index (χ3n) is 2.35. The van der Waals surface area contributed by atoms with Gasteiger partial charge in [-0.3, -0.25) is 0 Å². The standard InChI is InChI=1S/C7H11NO2S/c1-7(5-8,6-3-4-6)11(2,9)10/h6H,3-4H2,1-2H3/t7-/m0/s1. The number of nitriles is 1. The lowest BCUT2D eigenvalue weighted by molar-refractivity contribution is 0.552. The molecule has 62 valence electrons. The Kier molecular flexibility index (Phi) is 1.72. The molecule has 0 heterocycles. The van der Waals surface area contributed by atoms with E-state index < -0.39 is 14.6 Å². The number of rotatable bonds is 2. The lowest BCUT2D eigenvalue weighted by atomic mass is 10.1. The summed E-state index contributed by atoms with van der Waals surface area (Å²) in [4.78, 5) is 0. The molecular formula is C7H11NO2S. The van der Waals surface area contributed by atoms with Gasteiger partial charge in [-0.05, 0) is 25.7 Å². The number of nitrogens with zero attached hydrogens (tertiary/aromatic N) is 1. The maximum absolute atomic E-state index is 11.1. The highest BCUT2D eigenvalue weighted by Gasteiger charge is 2.49. The molecule has 11 heavy (non-hydrogen) atoms. The Morgan fingerprint density at radius 3 is 2.09 bits per heavy atom. The molecule has 0 radical (unpaired) electrons. The predicted octanol–water partition coefficient (Wildman–Crippen LogP) is 0.723. The van der Waals surface area contributed by atoms with Gasteiger partial charge in [-0.1, -0.05) is 0 Å². The zero-order valence-corrected chi connectivity index (χ0v) is 7.48. The monoisotopic (exact) mass is 173 g/mol. The summed E-state index contributed by atoms with van der Waals surface area (Å²) >= 11 is 0. The first-order chi connectivity index (χ1) is 4.92. The summed E-state index contributed by atoms with van der Waals surface area (Å²) in [6.45, 7) is 1.51. The van der Waals surface area contributed by atoms with Gasteiger partial charge in [-0.2, -0.15) is 5.26 Å². The van der Waals surface area contributed by atoms with Crippen LogP contribution in [0.15, 0.2) is 0 Å². The quantitative estimate of drug-likeness (QED) is 0.618. The van der Waals surface area contributed by atoms with Crippen LogP contribution in [0.25, 0.3) is 0 Å². The fourth-order valence-electron chi connectivity index (χ4n) is 1.11. The predicted molar refractivity (Wildman–Crippen MR) is 41.6 cm³/mol. The van der Waals surface area contributed by atoms with Crippen LogP contribution in [-0.2, 0) is 9.84 Å². The van der Waals surface area contributed by atoms with Gasteiger partial charge < -0.3 is 0 Å². The summed E-state index contributed by atoms with van der Waals surface area (Å²) in [5, 5.41) is 8.70. The van der Waals surface area contributed by atoms with Crippen molar-refractivity contribution in [1.82, 2.24) is 0 Å². The van der Waals surface area contributed by atoms with E-state index in [-0.39, 0.29) is 5.92 Å². The van der Waals surface area contributed by atoms with E-state index in [1.54, 1.807) is 0 Å². The van der Waals surface area contributed by atoms with Crippen molar-refractivity contribution in [3.8, 4) is 6.07 Å². The largest absolute Gasteiger partial charge is 0.227 e. The smallest absolute Gasteiger partial charge is 0.166 e. The van der Waals surface area contributed by atoms with Gasteiger partial charge in [0.25, 0.3) is 0 Å². The molecule has 0 aromatic rings. The fourth-order valence-corrected chi connectivity index (χ4v) is 2.12. The van der Waals surface area contributed by atoms with E-state index >= 15 is 0 Å². The average molecular weight is 173 g/mol. The van der Waals surface area contributed by atoms with Crippen molar-refractivity contribution in [1.29, 1.82) is 5.26 Å². The minimum Gasteiger partial charge on any atom is -0.227 e.